The molecule has 0 fully saturated rings. The molecule has 0 radical (unpaired) electrons. The van der Waals surface area contributed by atoms with Gasteiger partial charge in [0.15, 0.2) is 0 Å². The summed E-state index contributed by atoms with van der Waals surface area (Å²) in [5.41, 5.74) is 2.12. The Kier molecular flexibility index (Phi) is 4.38. The van der Waals surface area contributed by atoms with Gasteiger partial charge in [0.1, 0.15) is 17.3 Å². The number of furan rings is 1. The van der Waals surface area contributed by atoms with Crippen LogP contribution in [0.15, 0.2) is 34.7 Å². The minimum absolute atomic E-state index is 0.0826. The summed E-state index contributed by atoms with van der Waals surface area (Å²) in [6.07, 6.45) is 0.727. The van der Waals surface area contributed by atoms with E-state index in [0.29, 0.717) is 0 Å². The van der Waals surface area contributed by atoms with Gasteiger partial charge in [-0.1, -0.05) is 13.0 Å². The first-order chi connectivity index (χ1) is 9.10. The summed E-state index contributed by atoms with van der Waals surface area (Å²) < 4.78 is 19.0. The van der Waals surface area contributed by atoms with Crippen LogP contribution in [0.5, 0.6) is 0 Å². The van der Waals surface area contributed by atoms with Crippen LogP contribution >= 0.6 is 0 Å². The third-order valence-corrected chi connectivity index (χ3v) is 3.29. The molecule has 0 amide bonds. The molecule has 0 saturated heterocycles. The van der Waals surface area contributed by atoms with E-state index in [4.69, 9.17) is 4.42 Å². The van der Waals surface area contributed by atoms with Gasteiger partial charge in [-0.15, -0.1) is 0 Å². The highest BCUT2D eigenvalue weighted by Gasteiger charge is 2.16. The first-order valence-electron chi connectivity index (χ1n) is 6.65. The molecule has 0 aliphatic rings. The van der Waals surface area contributed by atoms with Gasteiger partial charge in [0, 0.05) is 0 Å². The van der Waals surface area contributed by atoms with Crippen molar-refractivity contribution in [3.63, 3.8) is 0 Å². The second-order valence-electron chi connectivity index (χ2n) is 4.83. The molecule has 1 aromatic carbocycles. The Bertz CT molecular complexity index is 547. The van der Waals surface area contributed by atoms with Gasteiger partial charge in [0.25, 0.3) is 0 Å². The molecule has 1 aromatic heterocycles. The average Bonchev–Trinajstić information content (AvgIpc) is 2.80. The number of nitrogens with one attached hydrogen (secondary N) is 1. The van der Waals surface area contributed by atoms with Gasteiger partial charge in [0.05, 0.1) is 6.04 Å². The molecule has 0 aliphatic carbocycles. The lowest BCUT2D eigenvalue weighted by atomic mass is 9.99. The number of likely N-dealkylation sites (N-methyl/N-ethyl adjacent to an activating group) is 1. The normalized spacial score (nSPS) is 12.6. The van der Waals surface area contributed by atoms with Crippen LogP contribution in [0.2, 0.25) is 0 Å². The fraction of sp³-hybridized carbons (Fsp3) is 0.375. The zero-order valence-electron chi connectivity index (χ0n) is 11.7. The Balaban J connectivity index is 2.23. The molecule has 0 aliphatic heterocycles. The number of benzene rings is 1. The Morgan fingerprint density at radius 3 is 2.63 bits per heavy atom. The SMILES string of the molecule is CCNC(Cc1cc(F)ccc1C)c1ccc(C)o1. The van der Waals surface area contributed by atoms with E-state index < -0.39 is 0 Å². The smallest absolute Gasteiger partial charge is 0.123 e. The van der Waals surface area contributed by atoms with Crippen molar-refractivity contribution in [2.45, 2.75) is 33.2 Å². The van der Waals surface area contributed by atoms with Crippen molar-refractivity contribution in [2.75, 3.05) is 6.54 Å². The lowest BCUT2D eigenvalue weighted by molar-refractivity contribution is 0.403. The van der Waals surface area contributed by atoms with Gasteiger partial charge in [-0.25, -0.2) is 4.39 Å². The molecule has 102 valence electrons. The number of hydrogen-bond donors (Lipinski definition) is 1. The minimum atomic E-state index is -0.188. The standard InChI is InChI=1S/C16H20FNO/c1-4-18-15(16-8-6-12(3)19-16)10-13-9-14(17)7-5-11(13)2/h5-9,15,18H,4,10H2,1-3H3. The lowest BCUT2D eigenvalue weighted by Crippen LogP contribution is -2.22. The van der Waals surface area contributed by atoms with Gasteiger partial charge in [-0.3, -0.25) is 0 Å². The second kappa shape index (κ2) is 6.02. The molecule has 0 bridgehead atoms. The van der Waals surface area contributed by atoms with Crippen LogP contribution in [0.25, 0.3) is 0 Å². The minimum Gasteiger partial charge on any atom is -0.465 e. The highest BCUT2D eigenvalue weighted by molar-refractivity contribution is 5.28. The van der Waals surface area contributed by atoms with Crippen molar-refractivity contribution in [1.82, 2.24) is 5.32 Å². The Labute approximate surface area is 113 Å². The van der Waals surface area contributed by atoms with Crippen molar-refractivity contribution >= 4 is 0 Å². The van der Waals surface area contributed by atoms with Crippen LogP contribution in [0, 0.1) is 19.7 Å². The monoisotopic (exact) mass is 261 g/mol. The molecule has 2 aromatic rings. The highest BCUT2D eigenvalue weighted by Crippen LogP contribution is 2.23. The van der Waals surface area contributed by atoms with E-state index in [0.717, 1.165) is 35.6 Å². The van der Waals surface area contributed by atoms with Crippen molar-refractivity contribution < 1.29 is 8.81 Å². The van der Waals surface area contributed by atoms with E-state index in [1.807, 2.05) is 32.0 Å². The summed E-state index contributed by atoms with van der Waals surface area (Å²) in [7, 11) is 0. The van der Waals surface area contributed by atoms with Crippen LogP contribution < -0.4 is 5.32 Å². The predicted octanol–water partition coefficient (Wildman–Crippen LogP) is 3.93. The van der Waals surface area contributed by atoms with Gasteiger partial charge in [-0.05, 0) is 62.2 Å². The van der Waals surface area contributed by atoms with Crippen LogP contribution in [-0.4, -0.2) is 6.54 Å². The predicted molar refractivity (Wildman–Crippen MR) is 74.7 cm³/mol. The van der Waals surface area contributed by atoms with E-state index in [1.54, 1.807) is 6.07 Å². The summed E-state index contributed by atoms with van der Waals surface area (Å²) in [6.45, 7) is 6.84. The maximum absolute atomic E-state index is 13.3. The molecule has 1 heterocycles. The summed E-state index contributed by atoms with van der Waals surface area (Å²) in [5.74, 6) is 1.61. The Hall–Kier alpha value is -1.61. The largest absolute Gasteiger partial charge is 0.465 e. The Morgan fingerprint density at radius 2 is 2.00 bits per heavy atom. The summed E-state index contributed by atoms with van der Waals surface area (Å²) in [5, 5.41) is 3.39. The van der Waals surface area contributed by atoms with E-state index in [1.165, 1.54) is 6.07 Å². The van der Waals surface area contributed by atoms with E-state index >= 15 is 0 Å². The third-order valence-electron chi connectivity index (χ3n) is 3.29. The van der Waals surface area contributed by atoms with Crippen LogP contribution in [-0.2, 0) is 6.42 Å². The molecule has 1 atom stereocenters. The average molecular weight is 261 g/mol. The summed E-state index contributed by atoms with van der Waals surface area (Å²) in [6, 6.07) is 8.95. The van der Waals surface area contributed by atoms with E-state index in [9.17, 15) is 4.39 Å². The lowest BCUT2D eigenvalue weighted by Gasteiger charge is -2.17. The molecule has 2 nitrogen and oxygen atoms in total. The van der Waals surface area contributed by atoms with Crippen LogP contribution in [0.1, 0.15) is 35.6 Å². The van der Waals surface area contributed by atoms with Crippen molar-refractivity contribution in [1.29, 1.82) is 0 Å². The van der Waals surface area contributed by atoms with Crippen molar-refractivity contribution in [3.8, 4) is 0 Å². The van der Waals surface area contributed by atoms with E-state index in [-0.39, 0.29) is 11.9 Å². The number of hydrogen-bond acceptors (Lipinski definition) is 2. The van der Waals surface area contributed by atoms with Crippen molar-refractivity contribution in [3.05, 3.63) is 58.8 Å². The molecule has 2 rings (SSSR count). The van der Waals surface area contributed by atoms with Gasteiger partial charge in [-0.2, -0.15) is 0 Å². The van der Waals surface area contributed by atoms with Gasteiger partial charge >= 0.3 is 0 Å². The molecule has 3 heteroatoms. The number of aryl methyl sites for hydroxylation is 2. The molecule has 0 spiro atoms. The fourth-order valence-electron chi connectivity index (χ4n) is 2.24. The maximum Gasteiger partial charge on any atom is 0.123 e. The fourth-order valence-corrected chi connectivity index (χ4v) is 2.24. The van der Waals surface area contributed by atoms with Gasteiger partial charge < -0.3 is 9.73 Å². The Morgan fingerprint density at radius 1 is 1.21 bits per heavy atom. The van der Waals surface area contributed by atoms with Crippen LogP contribution in [0.3, 0.4) is 0 Å². The molecule has 0 saturated carbocycles. The van der Waals surface area contributed by atoms with Crippen LogP contribution in [0.4, 0.5) is 4.39 Å². The first-order valence-corrected chi connectivity index (χ1v) is 6.65. The number of halogens is 1. The quantitative estimate of drug-likeness (QED) is 0.882. The van der Waals surface area contributed by atoms with Crippen molar-refractivity contribution in [2.24, 2.45) is 0 Å². The highest BCUT2D eigenvalue weighted by atomic mass is 19.1. The van der Waals surface area contributed by atoms with E-state index in [2.05, 4.69) is 12.2 Å². The zero-order valence-corrected chi connectivity index (χ0v) is 11.7. The zero-order chi connectivity index (χ0) is 13.8. The molecule has 1 N–H and O–H groups in total. The third kappa shape index (κ3) is 3.44. The first kappa shape index (κ1) is 13.8. The number of rotatable bonds is 5. The molecular formula is C16H20FNO. The second-order valence-corrected chi connectivity index (χ2v) is 4.83. The molecular weight excluding hydrogens is 241 g/mol. The summed E-state index contributed by atoms with van der Waals surface area (Å²) in [4.78, 5) is 0. The topological polar surface area (TPSA) is 25.2 Å². The molecule has 1 unspecified atom stereocenters. The summed E-state index contributed by atoms with van der Waals surface area (Å²) >= 11 is 0. The maximum atomic E-state index is 13.3. The van der Waals surface area contributed by atoms with Gasteiger partial charge in [0.2, 0.25) is 0 Å². The molecule has 19 heavy (non-hydrogen) atoms.